The van der Waals surface area contributed by atoms with Gasteiger partial charge in [-0.1, -0.05) is 5.16 Å². The zero-order valence-corrected chi connectivity index (χ0v) is 17.2. The molecule has 0 aliphatic carbocycles. The van der Waals surface area contributed by atoms with Gasteiger partial charge in [-0.25, -0.2) is 4.98 Å². The van der Waals surface area contributed by atoms with Crippen molar-refractivity contribution in [1.29, 1.82) is 0 Å². The zero-order valence-electron chi connectivity index (χ0n) is 17.2. The van der Waals surface area contributed by atoms with Crippen LogP contribution >= 0.6 is 0 Å². The molecule has 4 rings (SSSR count). The zero-order chi connectivity index (χ0) is 20.7. The number of likely N-dealkylation sites (N-methyl/N-ethyl adjacent to an activating group) is 1. The molecule has 1 atom stereocenters. The van der Waals surface area contributed by atoms with Crippen molar-refractivity contribution in [3.05, 3.63) is 34.8 Å². The van der Waals surface area contributed by atoms with E-state index in [2.05, 4.69) is 34.3 Å². The highest BCUT2D eigenvalue weighted by Gasteiger charge is 2.30. The summed E-state index contributed by atoms with van der Waals surface area (Å²) in [5, 5.41) is 7.01. The maximum absolute atomic E-state index is 13.1. The Bertz CT molecular complexity index is 936. The number of pyridine rings is 1. The number of aromatic nitrogens is 2. The van der Waals surface area contributed by atoms with Crippen LogP contribution in [0.4, 0.5) is 11.5 Å². The van der Waals surface area contributed by atoms with Crippen LogP contribution in [0.25, 0.3) is 0 Å². The number of nitrogens with zero attached hydrogens (tertiary/aromatic N) is 5. The number of hydrogen-bond acceptors (Lipinski definition) is 7. The third-order valence-corrected chi connectivity index (χ3v) is 5.86. The second kappa shape index (κ2) is 7.47. The van der Waals surface area contributed by atoms with Gasteiger partial charge in [0.25, 0.3) is 5.91 Å². The number of piperazine rings is 1. The molecule has 29 heavy (non-hydrogen) atoms. The van der Waals surface area contributed by atoms with Crippen molar-refractivity contribution in [2.24, 2.45) is 0 Å². The first-order valence-electron chi connectivity index (χ1n) is 9.80. The van der Waals surface area contributed by atoms with E-state index < -0.39 is 0 Å². The number of amides is 2. The number of hydrogen-bond donors (Lipinski definition) is 1. The molecule has 9 nitrogen and oxygen atoms in total. The number of aryl methyl sites for hydroxylation is 2. The summed E-state index contributed by atoms with van der Waals surface area (Å²) >= 11 is 0. The van der Waals surface area contributed by atoms with Gasteiger partial charge in [-0.05, 0) is 33.9 Å². The van der Waals surface area contributed by atoms with E-state index >= 15 is 0 Å². The Morgan fingerprint density at radius 3 is 2.83 bits per heavy atom. The van der Waals surface area contributed by atoms with E-state index in [0.29, 0.717) is 48.5 Å². The lowest BCUT2D eigenvalue weighted by Gasteiger charge is -2.38. The molecule has 2 aliphatic rings. The van der Waals surface area contributed by atoms with Crippen LogP contribution in [0, 0.1) is 13.8 Å². The lowest BCUT2D eigenvalue weighted by atomic mass is 10.1. The Kier molecular flexibility index (Phi) is 4.99. The predicted octanol–water partition coefficient (Wildman–Crippen LogP) is 1.42. The predicted molar refractivity (Wildman–Crippen MR) is 108 cm³/mol. The number of rotatable bonds is 3. The van der Waals surface area contributed by atoms with Gasteiger partial charge in [-0.2, -0.15) is 0 Å². The van der Waals surface area contributed by atoms with Crippen LogP contribution in [0.1, 0.15) is 34.3 Å². The lowest BCUT2D eigenvalue weighted by Crippen LogP contribution is -2.52. The Hall–Kier alpha value is -2.94. The highest BCUT2D eigenvalue weighted by Crippen LogP contribution is 2.31. The molecule has 4 heterocycles. The summed E-state index contributed by atoms with van der Waals surface area (Å²) in [6.45, 7) is 8.47. The van der Waals surface area contributed by atoms with Gasteiger partial charge in [0, 0.05) is 37.4 Å². The molecule has 1 unspecified atom stereocenters. The van der Waals surface area contributed by atoms with Gasteiger partial charge in [0.05, 0.1) is 30.0 Å². The Labute approximate surface area is 169 Å². The molecule has 0 bridgehead atoms. The van der Waals surface area contributed by atoms with Crippen molar-refractivity contribution in [2.75, 3.05) is 43.4 Å². The fourth-order valence-electron chi connectivity index (χ4n) is 3.78. The van der Waals surface area contributed by atoms with Gasteiger partial charge in [0.15, 0.2) is 5.82 Å². The number of anilines is 2. The van der Waals surface area contributed by atoms with E-state index in [1.165, 1.54) is 0 Å². The Balaban J connectivity index is 1.63. The molecule has 2 aromatic rings. The quantitative estimate of drug-likeness (QED) is 0.835. The van der Waals surface area contributed by atoms with Crippen LogP contribution < -0.4 is 10.2 Å². The summed E-state index contributed by atoms with van der Waals surface area (Å²) in [5.74, 6) is 1.13. The number of fused-ring (bicyclic) bond motifs is 1. The van der Waals surface area contributed by atoms with Crippen LogP contribution in [0.3, 0.4) is 0 Å². The summed E-state index contributed by atoms with van der Waals surface area (Å²) < 4.78 is 5.24. The minimum atomic E-state index is -0.0860. The van der Waals surface area contributed by atoms with Crippen molar-refractivity contribution in [3.63, 3.8) is 0 Å². The fourth-order valence-corrected chi connectivity index (χ4v) is 3.78. The highest BCUT2D eigenvalue weighted by molar-refractivity contribution is 6.04. The van der Waals surface area contributed by atoms with E-state index in [1.807, 2.05) is 18.7 Å². The third-order valence-electron chi connectivity index (χ3n) is 5.86. The van der Waals surface area contributed by atoms with E-state index in [9.17, 15) is 9.59 Å². The van der Waals surface area contributed by atoms with Crippen molar-refractivity contribution in [1.82, 2.24) is 19.9 Å². The van der Waals surface area contributed by atoms with Crippen LogP contribution in [-0.4, -0.2) is 71.0 Å². The van der Waals surface area contributed by atoms with Gasteiger partial charge in [0.2, 0.25) is 5.91 Å². The van der Waals surface area contributed by atoms with Gasteiger partial charge in [0.1, 0.15) is 5.76 Å². The lowest BCUT2D eigenvalue weighted by molar-refractivity contribution is -0.117. The smallest absolute Gasteiger partial charge is 0.255 e. The van der Waals surface area contributed by atoms with Crippen molar-refractivity contribution < 1.29 is 14.1 Å². The molecular formula is C20H26N6O3. The first-order chi connectivity index (χ1) is 13.8. The summed E-state index contributed by atoms with van der Waals surface area (Å²) in [7, 11) is 2.07. The van der Waals surface area contributed by atoms with Gasteiger partial charge >= 0.3 is 0 Å². The number of carbonyl (C=O) groups is 2. The minimum absolute atomic E-state index is 0.0597. The van der Waals surface area contributed by atoms with Gasteiger partial charge in [-0.3, -0.25) is 9.59 Å². The van der Waals surface area contributed by atoms with E-state index in [0.717, 1.165) is 17.8 Å². The molecule has 1 fully saturated rings. The van der Waals surface area contributed by atoms with Crippen LogP contribution in [-0.2, 0) is 11.3 Å². The third kappa shape index (κ3) is 3.57. The molecule has 1 saturated heterocycles. The SMILES string of the molecule is Cc1noc(C)c1CN1C(=O)CNc2ncc(C(=O)N3CCN(C)C(C)C3)cc21. The molecule has 9 heteroatoms. The fraction of sp³-hybridized carbons (Fsp3) is 0.500. The molecule has 0 radical (unpaired) electrons. The second-order valence-corrected chi connectivity index (χ2v) is 7.81. The standard InChI is InChI=1S/C20H26N6O3/c1-12-10-25(6-5-24(12)4)20(28)15-7-17-19(21-8-15)22-9-18(27)26(17)11-16-13(2)23-29-14(16)3/h7-8,12H,5-6,9-11H2,1-4H3,(H,21,22). The molecule has 2 aliphatic heterocycles. The monoisotopic (exact) mass is 398 g/mol. The maximum Gasteiger partial charge on any atom is 0.255 e. The molecule has 2 aromatic heterocycles. The van der Waals surface area contributed by atoms with Crippen LogP contribution in [0.2, 0.25) is 0 Å². The van der Waals surface area contributed by atoms with E-state index in [1.54, 1.807) is 17.2 Å². The molecule has 0 saturated carbocycles. The van der Waals surface area contributed by atoms with Crippen LogP contribution in [0.5, 0.6) is 0 Å². The van der Waals surface area contributed by atoms with Gasteiger partial charge < -0.3 is 24.5 Å². The van der Waals surface area contributed by atoms with E-state index in [-0.39, 0.29) is 18.4 Å². The molecule has 2 amide bonds. The molecule has 1 N–H and O–H groups in total. The van der Waals surface area contributed by atoms with Gasteiger partial charge in [-0.15, -0.1) is 0 Å². The summed E-state index contributed by atoms with van der Waals surface area (Å²) in [6.07, 6.45) is 1.58. The average Bonchev–Trinajstić information content (AvgIpc) is 3.03. The summed E-state index contributed by atoms with van der Waals surface area (Å²) in [4.78, 5) is 35.9. The summed E-state index contributed by atoms with van der Waals surface area (Å²) in [5.41, 5.74) is 2.72. The van der Waals surface area contributed by atoms with Crippen molar-refractivity contribution in [2.45, 2.75) is 33.4 Å². The largest absolute Gasteiger partial charge is 0.361 e. The van der Waals surface area contributed by atoms with Crippen molar-refractivity contribution >= 4 is 23.3 Å². The second-order valence-electron chi connectivity index (χ2n) is 7.81. The average molecular weight is 398 g/mol. The maximum atomic E-state index is 13.1. The number of nitrogens with one attached hydrogen (secondary N) is 1. The molecule has 154 valence electrons. The normalized spacial score (nSPS) is 19.9. The topological polar surface area (TPSA) is 94.8 Å². The number of carbonyl (C=O) groups excluding carboxylic acids is 2. The Morgan fingerprint density at radius 1 is 1.34 bits per heavy atom. The van der Waals surface area contributed by atoms with Crippen LogP contribution in [0.15, 0.2) is 16.8 Å². The Morgan fingerprint density at radius 2 is 2.14 bits per heavy atom. The molecule has 0 aromatic carbocycles. The molecule has 0 spiro atoms. The highest BCUT2D eigenvalue weighted by atomic mass is 16.5. The van der Waals surface area contributed by atoms with E-state index in [4.69, 9.17) is 4.52 Å². The minimum Gasteiger partial charge on any atom is -0.361 e. The molecular weight excluding hydrogens is 372 g/mol. The summed E-state index contributed by atoms with van der Waals surface area (Å²) in [6, 6.07) is 2.06. The first-order valence-corrected chi connectivity index (χ1v) is 9.80. The van der Waals surface area contributed by atoms with Crippen molar-refractivity contribution in [3.8, 4) is 0 Å². The first kappa shape index (κ1) is 19.4.